The van der Waals surface area contributed by atoms with E-state index in [9.17, 15) is 4.39 Å². The van der Waals surface area contributed by atoms with Crippen molar-refractivity contribution in [2.24, 2.45) is 11.8 Å². The minimum atomic E-state index is -0.459. The van der Waals surface area contributed by atoms with Gasteiger partial charge < -0.3 is 5.32 Å². The second-order valence-electron chi connectivity index (χ2n) is 4.33. The zero-order valence-corrected chi connectivity index (χ0v) is 11.0. The Morgan fingerprint density at radius 2 is 2.22 bits per heavy atom. The Morgan fingerprint density at radius 1 is 1.44 bits per heavy atom. The second-order valence-corrected chi connectivity index (χ2v) is 4.33. The number of hydrogen-bond acceptors (Lipinski definition) is 5. The number of rotatable bonds is 8. The van der Waals surface area contributed by atoms with Crippen LogP contribution in [0.4, 0.5) is 16.2 Å². The van der Waals surface area contributed by atoms with Crippen molar-refractivity contribution < 1.29 is 4.39 Å². The second kappa shape index (κ2) is 7.81. The van der Waals surface area contributed by atoms with Crippen molar-refractivity contribution >= 4 is 11.8 Å². The lowest BCUT2D eigenvalue weighted by atomic mass is 9.99. The molecule has 102 valence electrons. The van der Waals surface area contributed by atoms with Crippen molar-refractivity contribution in [1.82, 2.24) is 9.97 Å². The average molecular weight is 255 g/mol. The molecule has 1 aromatic rings. The molecule has 0 aliphatic carbocycles. The minimum Gasteiger partial charge on any atom is -0.367 e. The van der Waals surface area contributed by atoms with Gasteiger partial charge in [0.1, 0.15) is 0 Å². The summed E-state index contributed by atoms with van der Waals surface area (Å²) in [6, 6.07) is 0. The number of anilines is 2. The van der Waals surface area contributed by atoms with Gasteiger partial charge in [0.05, 0.1) is 6.20 Å². The predicted molar refractivity (Wildman–Crippen MR) is 71.6 cm³/mol. The van der Waals surface area contributed by atoms with Crippen LogP contribution < -0.4 is 16.6 Å². The summed E-state index contributed by atoms with van der Waals surface area (Å²) in [5.41, 5.74) is 2.30. The van der Waals surface area contributed by atoms with E-state index >= 15 is 0 Å². The first-order valence-corrected chi connectivity index (χ1v) is 6.44. The van der Waals surface area contributed by atoms with Gasteiger partial charge in [0, 0.05) is 6.54 Å². The fraction of sp³-hybridized carbons (Fsp3) is 0.667. The molecular weight excluding hydrogens is 233 g/mol. The van der Waals surface area contributed by atoms with Gasteiger partial charge in [-0.3, -0.25) is 5.43 Å². The molecule has 1 rings (SSSR count). The highest BCUT2D eigenvalue weighted by molar-refractivity contribution is 5.40. The standard InChI is InChI=1S/C12H22FN5/c1-3-5-6-9(4-2)7-15-11-10(13)8-16-12(17-11)18-14/h8-9H,3-7,14H2,1-2H3,(H2,15,16,17,18). The molecule has 0 saturated carbocycles. The number of hydrogen-bond donors (Lipinski definition) is 3. The van der Waals surface area contributed by atoms with Crippen LogP contribution in [-0.4, -0.2) is 16.5 Å². The highest BCUT2D eigenvalue weighted by Gasteiger charge is 2.09. The summed E-state index contributed by atoms with van der Waals surface area (Å²) in [6.45, 7) is 5.03. The van der Waals surface area contributed by atoms with E-state index in [2.05, 4.69) is 34.6 Å². The number of nitrogens with one attached hydrogen (secondary N) is 2. The van der Waals surface area contributed by atoms with E-state index < -0.39 is 5.82 Å². The minimum absolute atomic E-state index is 0.202. The monoisotopic (exact) mass is 255 g/mol. The van der Waals surface area contributed by atoms with Gasteiger partial charge in [-0.05, 0) is 12.3 Å². The molecule has 1 unspecified atom stereocenters. The summed E-state index contributed by atoms with van der Waals surface area (Å²) in [4.78, 5) is 7.64. The molecule has 0 saturated heterocycles. The largest absolute Gasteiger partial charge is 0.367 e. The molecule has 1 heterocycles. The number of aromatic nitrogens is 2. The predicted octanol–water partition coefficient (Wildman–Crippen LogP) is 2.53. The first-order chi connectivity index (χ1) is 8.71. The molecule has 1 atom stereocenters. The number of halogens is 1. The highest BCUT2D eigenvalue weighted by atomic mass is 19.1. The van der Waals surface area contributed by atoms with Gasteiger partial charge in [-0.1, -0.05) is 33.1 Å². The van der Waals surface area contributed by atoms with Crippen molar-refractivity contribution in [1.29, 1.82) is 0 Å². The Morgan fingerprint density at radius 3 is 2.83 bits per heavy atom. The Balaban J connectivity index is 2.55. The summed E-state index contributed by atoms with van der Waals surface area (Å²) in [5.74, 6) is 5.68. The van der Waals surface area contributed by atoms with Crippen LogP contribution in [0.1, 0.15) is 39.5 Å². The molecule has 0 radical (unpaired) electrons. The van der Waals surface area contributed by atoms with E-state index in [1.807, 2.05) is 0 Å². The number of unbranched alkanes of at least 4 members (excludes halogenated alkanes) is 1. The van der Waals surface area contributed by atoms with Gasteiger partial charge in [-0.2, -0.15) is 4.98 Å². The smallest absolute Gasteiger partial charge is 0.239 e. The first-order valence-electron chi connectivity index (χ1n) is 6.44. The third kappa shape index (κ3) is 4.44. The molecule has 0 aliphatic rings. The molecule has 0 spiro atoms. The lowest BCUT2D eigenvalue weighted by Gasteiger charge is -2.16. The molecule has 18 heavy (non-hydrogen) atoms. The van der Waals surface area contributed by atoms with E-state index in [0.29, 0.717) is 12.5 Å². The van der Waals surface area contributed by atoms with Crippen LogP contribution >= 0.6 is 0 Å². The van der Waals surface area contributed by atoms with E-state index in [-0.39, 0.29) is 11.8 Å². The lowest BCUT2D eigenvalue weighted by molar-refractivity contribution is 0.471. The maximum Gasteiger partial charge on any atom is 0.239 e. The van der Waals surface area contributed by atoms with Crippen LogP contribution in [0.2, 0.25) is 0 Å². The highest BCUT2D eigenvalue weighted by Crippen LogP contribution is 2.16. The molecular formula is C12H22FN5. The topological polar surface area (TPSA) is 75.9 Å². The number of nitrogens with zero attached hydrogens (tertiary/aromatic N) is 2. The van der Waals surface area contributed by atoms with Crippen molar-refractivity contribution in [2.45, 2.75) is 39.5 Å². The molecule has 5 nitrogen and oxygen atoms in total. The van der Waals surface area contributed by atoms with Gasteiger partial charge >= 0.3 is 0 Å². The molecule has 6 heteroatoms. The Kier molecular flexibility index (Phi) is 6.35. The Hall–Kier alpha value is -1.43. The zero-order valence-electron chi connectivity index (χ0n) is 11.0. The summed E-state index contributed by atoms with van der Waals surface area (Å²) in [5, 5.41) is 3.03. The normalized spacial score (nSPS) is 12.2. The first kappa shape index (κ1) is 14.6. The van der Waals surface area contributed by atoms with Gasteiger partial charge in [-0.15, -0.1) is 0 Å². The summed E-state index contributed by atoms with van der Waals surface area (Å²) in [6.07, 6.45) is 5.70. The number of nitrogen functional groups attached to an aromatic ring is 1. The number of hydrazine groups is 1. The lowest BCUT2D eigenvalue weighted by Crippen LogP contribution is -2.17. The van der Waals surface area contributed by atoms with Crippen molar-refractivity contribution in [3.05, 3.63) is 12.0 Å². The van der Waals surface area contributed by atoms with Gasteiger partial charge in [0.25, 0.3) is 0 Å². The molecule has 1 aromatic heterocycles. The molecule has 0 fully saturated rings. The third-order valence-corrected chi connectivity index (χ3v) is 2.97. The average Bonchev–Trinajstić information content (AvgIpc) is 2.40. The fourth-order valence-corrected chi connectivity index (χ4v) is 1.74. The van der Waals surface area contributed by atoms with Crippen molar-refractivity contribution in [3.8, 4) is 0 Å². The van der Waals surface area contributed by atoms with Crippen molar-refractivity contribution in [2.75, 3.05) is 17.3 Å². The van der Waals surface area contributed by atoms with Crippen LogP contribution in [0.25, 0.3) is 0 Å². The maximum atomic E-state index is 13.5. The van der Waals surface area contributed by atoms with Gasteiger partial charge in [0.15, 0.2) is 11.6 Å². The van der Waals surface area contributed by atoms with Crippen LogP contribution in [-0.2, 0) is 0 Å². The quantitative estimate of drug-likeness (QED) is 0.491. The molecule has 0 aromatic carbocycles. The Bertz CT molecular complexity index is 358. The molecule has 0 amide bonds. The third-order valence-electron chi connectivity index (χ3n) is 2.97. The van der Waals surface area contributed by atoms with Crippen LogP contribution in [0.3, 0.4) is 0 Å². The van der Waals surface area contributed by atoms with Crippen molar-refractivity contribution in [3.63, 3.8) is 0 Å². The van der Waals surface area contributed by atoms with E-state index in [0.717, 1.165) is 19.0 Å². The van der Waals surface area contributed by atoms with Crippen LogP contribution in [0, 0.1) is 11.7 Å². The molecule has 0 bridgehead atoms. The summed E-state index contributed by atoms with van der Waals surface area (Å²) in [7, 11) is 0. The molecule has 0 aliphatic heterocycles. The van der Waals surface area contributed by atoms with Crippen LogP contribution in [0.15, 0.2) is 6.20 Å². The summed E-state index contributed by atoms with van der Waals surface area (Å²) >= 11 is 0. The maximum absolute atomic E-state index is 13.5. The summed E-state index contributed by atoms with van der Waals surface area (Å²) < 4.78 is 13.5. The number of nitrogens with two attached hydrogens (primary N) is 1. The zero-order chi connectivity index (χ0) is 13.4. The van der Waals surface area contributed by atoms with Crippen LogP contribution in [0.5, 0.6) is 0 Å². The van der Waals surface area contributed by atoms with E-state index in [1.54, 1.807) is 0 Å². The van der Waals surface area contributed by atoms with E-state index in [1.165, 1.54) is 12.8 Å². The van der Waals surface area contributed by atoms with Gasteiger partial charge in [0.2, 0.25) is 5.95 Å². The SMILES string of the molecule is CCCCC(CC)CNc1nc(NN)ncc1F. The van der Waals surface area contributed by atoms with E-state index in [4.69, 9.17) is 5.84 Å². The fourth-order valence-electron chi connectivity index (χ4n) is 1.74. The van der Waals surface area contributed by atoms with Gasteiger partial charge in [-0.25, -0.2) is 15.2 Å². The molecule has 4 N–H and O–H groups in total. The Labute approximate surface area is 107 Å².